The van der Waals surface area contributed by atoms with Gasteiger partial charge in [0.05, 0.1) is 12.0 Å². The second kappa shape index (κ2) is 5.31. The average molecular weight is 224 g/mol. The Hall–Kier alpha value is -1.08. The summed E-state index contributed by atoms with van der Waals surface area (Å²) in [6.07, 6.45) is 1.31. The average Bonchev–Trinajstić information content (AvgIpc) is 2.56. The van der Waals surface area contributed by atoms with E-state index in [1.165, 1.54) is 0 Å². The number of amides is 1. The molecule has 0 aromatic rings. The molecule has 1 aliphatic heterocycles. The molecule has 1 fully saturated rings. The first-order chi connectivity index (χ1) is 7.48. The van der Waals surface area contributed by atoms with Gasteiger partial charge in [-0.3, -0.25) is 4.79 Å². The maximum absolute atomic E-state index is 11.6. The van der Waals surface area contributed by atoms with E-state index in [1.807, 2.05) is 4.90 Å². The van der Waals surface area contributed by atoms with Crippen LogP contribution in [0.2, 0.25) is 0 Å². The second-order valence-corrected chi connectivity index (χ2v) is 5.21. The highest BCUT2D eigenvalue weighted by atomic mass is 16.5. The Labute approximate surface area is 97.2 Å². The lowest BCUT2D eigenvalue weighted by molar-refractivity contribution is -0.129. The molecule has 1 amide bonds. The molecule has 1 atom stereocenters. The zero-order valence-corrected chi connectivity index (χ0v) is 10.3. The third-order valence-corrected chi connectivity index (χ3v) is 3.00. The van der Waals surface area contributed by atoms with Crippen LogP contribution in [0.15, 0.2) is 0 Å². The Morgan fingerprint density at radius 3 is 2.81 bits per heavy atom. The molecule has 0 aromatic heterocycles. The number of ether oxygens (including phenoxy) is 1. The molecule has 1 aliphatic rings. The van der Waals surface area contributed by atoms with Crippen molar-refractivity contribution in [3.8, 4) is 6.07 Å². The molecular formula is C12H20N2O2. The number of carbonyl (C=O) groups is 1. The Morgan fingerprint density at radius 2 is 2.31 bits per heavy atom. The molecule has 0 N–H and O–H groups in total. The first-order valence-electron chi connectivity index (χ1n) is 5.65. The van der Waals surface area contributed by atoms with Gasteiger partial charge in [0.2, 0.25) is 5.91 Å². The standard InChI is InChI=1S/C12H20N2O2/c1-12(2,4-5-16-3)9-14-8-10(7-13)6-11(14)15/h10H,4-6,8-9H2,1-3H3. The van der Waals surface area contributed by atoms with Crippen LogP contribution in [0.1, 0.15) is 26.7 Å². The third kappa shape index (κ3) is 3.49. The van der Waals surface area contributed by atoms with Crippen LogP contribution in [0.4, 0.5) is 0 Å². The van der Waals surface area contributed by atoms with Gasteiger partial charge in [0.25, 0.3) is 0 Å². The fourth-order valence-electron chi connectivity index (χ4n) is 1.99. The Morgan fingerprint density at radius 1 is 1.62 bits per heavy atom. The third-order valence-electron chi connectivity index (χ3n) is 3.00. The van der Waals surface area contributed by atoms with Crippen LogP contribution in [0, 0.1) is 22.7 Å². The SMILES string of the molecule is COCCC(C)(C)CN1CC(C#N)CC1=O. The van der Waals surface area contributed by atoms with Crippen LogP contribution in [-0.2, 0) is 9.53 Å². The topological polar surface area (TPSA) is 53.3 Å². The summed E-state index contributed by atoms with van der Waals surface area (Å²) in [6, 6.07) is 2.17. The van der Waals surface area contributed by atoms with Crippen LogP contribution >= 0.6 is 0 Å². The van der Waals surface area contributed by atoms with E-state index in [-0.39, 0.29) is 17.2 Å². The summed E-state index contributed by atoms with van der Waals surface area (Å²) < 4.78 is 5.06. The van der Waals surface area contributed by atoms with Gasteiger partial charge in [-0.15, -0.1) is 0 Å². The van der Waals surface area contributed by atoms with Gasteiger partial charge in [-0.2, -0.15) is 5.26 Å². The van der Waals surface area contributed by atoms with Crippen LogP contribution < -0.4 is 0 Å². The minimum atomic E-state index is -0.120. The second-order valence-electron chi connectivity index (χ2n) is 5.21. The summed E-state index contributed by atoms with van der Waals surface area (Å²) in [7, 11) is 1.68. The maximum atomic E-state index is 11.6. The van der Waals surface area contributed by atoms with Crippen molar-refractivity contribution in [3.63, 3.8) is 0 Å². The van der Waals surface area contributed by atoms with E-state index in [0.717, 1.165) is 6.42 Å². The van der Waals surface area contributed by atoms with Crippen molar-refractivity contribution < 1.29 is 9.53 Å². The zero-order valence-electron chi connectivity index (χ0n) is 10.3. The largest absolute Gasteiger partial charge is 0.385 e. The normalized spacial score (nSPS) is 21.2. The van der Waals surface area contributed by atoms with Crippen molar-refractivity contribution in [3.05, 3.63) is 0 Å². The number of hydrogen-bond donors (Lipinski definition) is 0. The van der Waals surface area contributed by atoms with Crippen molar-refractivity contribution in [2.75, 3.05) is 26.8 Å². The van der Waals surface area contributed by atoms with E-state index in [9.17, 15) is 4.79 Å². The fraction of sp³-hybridized carbons (Fsp3) is 0.833. The molecule has 16 heavy (non-hydrogen) atoms. The lowest BCUT2D eigenvalue weighted by Crippen LogP contribution is -2.36. The molecule has 1 saturated heterocycles. The summed E-state index contributed by atoms with van der Waals surface area (Å²) in [5.41, 5.74) is 0.0516. The quantitative estimate of drug-likeness (QED) is 0.709. The number of methoxy groups -OCH3 is 1. The van der Waals surface area contributed by atoms with Crippen LogP contribution in [0.3, 0.4) is 0 Å². The summed E-state index contributed by atoms with van der Waals surface area (Å²) in [6.45, 7) is 6.26. The van der Waals surface area contributed by atoms with Gasteiger partial charge in [-0.25, -0.2) is 0 Å². The molecule has 4 nitrogen and oxygen atoms in total. The lowest BCUT2D eigenvalue weighted by atomic mass is 9.89. The van der Waals surface area contributed by atoms with Gasteiger partial charge in [0.1, 0.15) is 0 Å². The summed E-state index contributed by atoms with van der Waals surface area (Å²) in [4.78, 5) is 13.4. The molecular weight excluding hydrogens is 204 g/mol. The molecule has 0 radical (unpaired) electrons. The van der Waals surface area contributed by atoms with Gasteiger partial charge in [0.15, 0.2) is 0 Å². The highest BCUT2D eigenvalue weighted by Gasteiger charge is 2.33. The van der Waals surface area contributed by atoms with Crippen molar-refractivity contribution in [1.82, 2.24) is 4.90 Å². The molecule has 1 heterocycles. The minimum absolute atomic E-state index is 0.0516. The minimum Gasteiger partial charge on any atom is -0.385 e. The van der Waals surface area contributed by atoms with Crippen molar-refractivity contribution in [2.45, 2.75) is 26.7 Å². The molecule has 0 bridgehead atoms. The first kappa shape index (κ1) is 13.0. The summed E-state index contributed by atoms with van der Waals surface area (Å²) >= 11 is 0. The molecule has 1 rings (SSSR count). The molecule has 1 unspecified atom stereocenters. The molecule has 0 saturated carbocycles. The van der Waals surface area contributed by atoms with Gasteiger partial charge in [-0.05, 0) is 11.8 Å². The smallest absolute Gasteiger partial charge is 0.224 e. The van der Waals surface area contributed by atoms with Crippen molar-refractivity contribution in [1.29, 1.82) is 5.26 Å². The number of nitrogens with zero attached hydrogens (tertiary/aromatic N) is 2. The number of nitriles is 1. The molecule has 90 valence electrons. The van der Waals surface area contributed by atoms with Crippen LogP contribution in [0.25, 0.3) is 0 Å². The number of carbonyl (C=O) groups excluding carboxylic acids is 1. The molecule has 0 aromatic carbocycles. The van der Waals surface area contributed by atoms with Crippen LogP contribution in [0.5, 0.6) is 0 Å². The van der Waals surface area contributed by atoms with E-state index in [2.05, 4.69) is 19.9 Å². The highest BCUT2D eigenvalue weighted by molar-refractivity contribution is 5.79. The molecule has 0 aliphatic carbocycles. The maximum Gasteiger partial charge on any atom is 0.224 e. The fourth-order valence-corrected chi connectivity index (χ4v) is 1.99. The van der Waals surface area contributed by atoms with E-state index in [1.54, 1.807) is 7.11 Å². The van der Waals surface area contributed by atoms with Crippen LogP contribution in [-0.4, -0.2) is 37.6 Å². The summed E-state index contributed by atoms with van der Waals surface area (Å²) in [5, 5.41) is 8.79. The van der Waals surface area contributed by atoms with E-state index >= 15 is 0 Å². The van der Waals surface area contributed by atoms with E-state index < -0.39 is 0 Å². The first-order valence-corrected chi connectivity index (χ1v) is 5.65. The van der Waals surface area contributed by atoms with Gasteiger partial charge in [0, 0.05) is 33.2 Å². The zero-order chi connectivity index (χ0) is 12.2. The van der Waals surface area contributed by atoms with Gasteiger partial charge >= 0.3 is 0 Å². The van der Waals surface area contributed by atoms with E-state index in [0.29, 0.717) is 26.1 Å². The number of likely N-dealkylation sites (tertiary alicyclic amines) is 1. The van der Waals surface area contributed by atoms with Crippen molar-refractivity contribution in [2.24, 2.45) is 11.3 Å². The predicted octanol–water partition coefficient (Wildman–Crippen LogP) is 1.42. The van der Waals surface area contributed by atoms with Crippen molar-refractivity contribution >= 4 is 5.91 Å². The monoisotopic (exact) mass is 224 g/mol. The van der Waals surface area contributed by atoms with E-state index in [4.69, 9.17) is 10.00 Å². The Balaban J connectivity index is 2.48. The number of hydrogen-bond acceptors (Lipinski definition) is 3. The summed E-state index contributed by atoms with van der Waals surface area (Å²) in [5.74, 6) is -0.0113. The Kier molecular flexibility index (Phi) is 4.31. The van der Waals surface area contributed by atoms with Gasteiger partial charge in [-0.1, -0.05) is 13.8 Å². The highest BCUT2D eigenvalue weighted by Crippen LogP contribution is 2.26. The number of rotatable bonds is 5. The lowest BCUT2D eigenvalue weighted by Gasteiger charge is -2.30. The Bertz CT molecular complexity index is 294. The van der Waals surface area contributed by atoms with Gasteiger partial charge < -0.3 is 9.64 Å². The molecule has 0 spiro atoms. The molecule has 4 heteroatoms. The predicted molar refractivity (Wildman–Crippen MR) is 60.6 cm³/mol.